The molecule has 128 valence electrons. The van der Waals surface area contributed by atoms with Gasteiger partial charge >= 0.3 is 0 Å². The van der Waals surface area contributed by atoms with Gasteiger partial charge in [-0.05, 0) is 31.5 Å². The number of likely N-dealkylation sites (tertiary alicyclic amines) is 1. The minimum Gasteiger partial charge on any atom is -0.379 e. The zero-order chi connectivity index (χ0) is 16.2. The van der Waals surface area contributed by atoms with Crippen molar-refractivity contribution in [3.8, 4) is 0 Å². The second kappa shape index (κ2) is 7.13. The quantitative estimate of drug-likeness (QED) is 0.849. The lowest BCUT2D eigenvalue weighted by Crippen LogP contribution is -2.50. The van der Waals surface area contributed by atoms with E-state index in [0.29, 0.717) is 0 Å². The normalized spacial score (nSPS) is 25.8. The third-order valence-electron chi connectivity index (χ3n) is 4.91. The second-order valence-electron chi connectivity index (χ2n) is 6.83. The number of anilines is 1. The Hall–Kier alpha value is -1.57. The molecule has 0 radical (unpaired) electrons. The van der Waals surface area contributed by atoms with Gasteiger partial charge in [0, 0.05) is 37.8 Å². The fourth-order valence-electron chi connectivity index (χ4n) is 3.87. The fraction of sp³-hybridized carbons (Fsp3) is 0.588. The van der Waals surface area contributed by atoms with Crippen LogP contribution in [-0.4, -0.2) is 59.5 Å². The molecular weight excluding hydrogens is 322 g/mol. The summed E-state index contributed by atoms with van der Waals surface area (Å²) in [4.78, 5) is 9.36. The number of hydrogen-bond donors (Lipinski definition) is 0. The highest BCUT2D eigenvalue weighted by molar-refractivity contribution is 7.13. The summed E-state index contributed by atoms with van der Waals surface area (Å²) in [6.45, 7) is 6.61. The predicted octanol–water partition coefficient (Wildman–Crippen LogP) is 2.05. The first-order valence-corrected chi connectivity index (χ1v) is 9.42. The van der Waals surface area contributed by atoms with Crippen LogP contribution in [0.25, 0.3) is 0 Å². The largest absolute Gasteiger partial charge is 0.379 e. The molecule has 4 rings (SSSR count). The molecule has 0 bridgehead atoms. The summed E-state index contributed by atoms with van der Waals surface area (Å²) in [5.74, 6) is 0. The van der Waals surface area contributed by atoms with Crippen LogP contribution < -0.4 is 4.90 Å². The molecule has 4 heterocycles. The van der Waals surface area contributed by atoms with E-state index in [1.165, 1.54) is 12.8 Å². The van der Waals surface area contributed by atoms with Crippen molar-refractivity contribution in [2.75, 3.05) is 44.3 Å². The molecule has 7 heteroatoms. The van der Waals surface area contributed by atoms with E-state index in [-0.39, 0.29) is 5.41 Å². The van der Waals surface area contributed by atoms with Crippen molar-refractivity contribution in [2.45, 2.75) is 19.4 Å². The Bertz CT molecular complexity index is 638. The Morgan fingerprint density at radius 3 is 3.08 bits per heavy atom. The molecule has 6 nitrogen and oxygen atoms in total. The van der Waals surface area contributed by atoms with Gasteiger partial charge in [0.2, 0.25) is 5.13 Å². The maximum Gasteiger partial charge on any atom is 0.208 e. The second-order valence-corrected chi connectivity index (χ2v) is 7.64. The van der Waals surface area contributed by atoms with Crippen LogP contribution in [-0.2, 0) is 11.3 Å². The minimum atomic E-state index is 0.176. The Morgan fingerprint density at radius 2 is 2.25 bits per heavy atom. The van der Waals surface area contributed by atoms with E-state index in [9.17, 15) is 0 Å². The van der Waals surface area contributed by atoms with Crippen molar-refractivity contribution in [2.24, 2.45) is 5.41 Å². The van der Waals surface area contributed by atoms with E-state index in [1.54, 1.807) is 11.3 Å². The summed E-state index contributed by atoms with van der Waals surface area (Å²) in [5, 5.41) is 9.28. The monoisotopic (exact) mass is 345 g/mol. The number of ether oxygens (including phenoxy) is 1. The number of pyridine rings is 1. The van der Waals surface area contributed by atoms with Crippen LogP contribution in [0.3, 0.4) is 0 Å². The molecule has 2 aliphatic heterocycles. The number of rotatable bonds is 3. The van der Waals surface area contributed by atoms with Crippen LogP contribution in [0, 0.1) is 5.41 Å². The third-order valence-corrected chi connectivity index (χ3v) is 5.66. The molecule has 2 saturated heterocycles. The maximum atomic E-state index is 5.99. The van der Waals surface area contributed by atoms with E-state index in [4.69, 9.17) is 4.74 Å². The summed E-state index contributed by atoms with van der Waals surface area (Å²) >= 11 is 1.61. The van der Waals surface area contributed by atoms with Crippen molar-refractivity contribution in [1.82, 2.24) is 20.1 Å². The molecule has 2 fully saturated rings. The molecule has 0 aliphatic carbocycles. The predicted molar refractivity (Wildman–Crippen MR) is 94.1 cm³/mol. The average molecular weight is 345 g/mol. The minimum absolute atomic E-state index is 0.176. The van der Waals surface area contributed by atoms with Crippen LogP contribution >= 0.6 is 11.3 Å². The summed E-state index contributed by atoms with van der Waals surface area (Å²) in [6, 6.07) is 6.15. The van der Waals surface area contributed by atoms with Crippen molar-refractivity contribution < 1.29 is 4.74 Å². The third kappa shape index (κ3) is 3.58. The highest BCUT2D eigenvalue weighted by atomic mass is 32.1. The number of aromatic nitrogens is 3. The van der Waals surface area contributed by atoms with Gasteiger partial charge in [-0.2, -0.15) is 0 Å². The fourth-order valence-corrected chi connectivity index (χ4v) is 4.46. The molecule has 0 saturated carbocycles. The van der Waals surface area contributed by atoms with Gasteiger partial charge in [-0.15, -0.1) is 10.2 Å². The Morgan fingerprint density at radius 1 is 1.25 bits per heavy atom. The van der Waals surface area contributed by atoms with Crippen molar-refractivity contribution >= 4 is 16.5 Å². The molecule has 0 N–H and O–H groups in total. The zero-order valence-corrected chi connectivity index (χ0v) is 14.6. The first-order chi connectivity index (χ1) is 11.8. The standard InChI is InChI=1S/C17H23N5OS/c1-2-6-18-15(4-1)10-21-7-3-5-17(11-21)12-22(8-9-23-13-17)16-20-19-14-24-16/h1-2,4,6,14H,3,5,7-13H2. The molecule has 2 aromatic rings. The molecule has 1 atom stereocenters. The van der Waals surface area contributed by atoms with Gasteiger partial charge in [0.15, 0.2) is 0 Å². The summed E-state index contributed by atoms with van der Waals surface area (Å²) in [7, 11) is 0. The number of piperidine rings is 1. The van der Waals surface area contributed by atoms with E-state index in [2.05, 4.69) is 37.1 Å². The van der Waals surface area contributed by atoms with Crippen molar-refractivity contribution in [3.05, 3.63) is 35.6 Å². The van der Waals surface area contributed by atoms with Crippen LogP contribution in [0.1, 0.15) is 18.5 Å². The molecule has 2 aliphatic rings. The molecular formula is C17H23N5OS. The van der Waals surface area contributed by atoms with Gasteiger partial charge < -0.3 is 9.64 Å². The molecule has 24 heavy (non-hydrogen) atoms. The zero-order valence-electron chi connectivity index (χ0n) is 13.8. The SMILES string of the molecule is c1ccc(CN2CCCC3(COCCN(c4nncs4)C3)C2)nc1. The van der Waals surface area contributed by atoms with Gasteiger partial charge in [-0.25, -0.2) is 0 Å². The summed E-state index contributed by atoms with van der Waals surface area (Å²) in [5.41, 5.74) is 3.13. The van der Waals surface area contributed by atoms with E-state index < -0.39 is 0 Å². The van der Waals surface area contributed by atoms with Gasteiger partial charge in [0.1, 0.15) is 5.51 Å². The molecule has 0 aromatic carbocycles. The van der Waals surface area contributed by atoms with Gasteiger partial charge in [-0.3, -0.25) is 9.88 Å². The van der Waals surface area contributed by atoms with Crippen LogP contribution in [0.15, 0.2) is 29.9 Å². The van der Waals surface area contributed by atoms with E-state index in [1.807, 2.05) is 17.8 Å². The lowest BCUT2D eigenvalue weighted by Gasteiger charge is -2.43. The van der Waals surface area contributed by atoms with E-state index >= 15 is 0 Å². The first-order valence-electron chi connectivity index (χ1n) is 8.54. The van der Waals surface area contributed by atoms with Gasteiger partial charge in [-0.1, -0.05) is 17.4 Å². The first kappa shape index (κ1) is 15.9. The molecule has 0 amide bonds. The van der Waals surface area contributed by atoms with E-state index in [0.717, 1.165) is 56.8 Å². The summed E-state index contributed by atoms with van der Waals surface area (Å²) < 4.78 is 5.99. The molecule has 1 unspecified atom stereocenters. The molecule has 2 aromatic heterocycles. The Kier molecular flexibility index (Phi) is 4.73. The molecule has 1 spiro atoms. The van der Waals surface area contributed by atoms with Gasteiger partial charge in [0.25, 0.3) is 0 Å². The Labute approximate surface area is 146 Å². The van der Waals surface area contributed by atoms with Gasteiger partial charge in [0.05, 0.1) is 18.9 Å². The lowest BCUT2D eigenvalue weighted by atomic mass is 9.80. The highest BCUT2D eigenvalue weighted by Gasteiger charge is 2.39. The average Bonchev–Trinajstić information content (AvgIpc) is 3.07. The summed E-state index contributed by atoms with van der Waals surface area (Å²) in [6.07, 6.45) is 4.29. The Balaban J connectivity index is 1.48. The smallest absolute Gasteiger partial charge is 0.208 e. The topological polar surface area (TPSA) is 54.4 Å². The van der Waals surface area contributed by atoms with Crippen LogP contribution in [0.4, 0.5) is 5.13 Å². The van der Waals surface area contributed by atoms with Crippen molar-refractivity contribution in [1.29, 1.82) is 0 Å². The van der Waals surface area contributed by atoms with Crippen LogP contribution in [0.5, 0.6) is 0 Å². The van der Waals surface area contributed by atoms with Crippen molar-refractivity contribution in [3.63, 3.8) is 0 Å². The number of hydrogen-bond acceptors (Lipinski definition) is 7. The lowest BCUT2D eigenvalue weighted by molar-refractivity contribution is 0.0103. The van der Waals surface area contributed by atoms with Crippen LogP contribution in [0.2, 0.25) is 0 Å². The maximum absolute atomic E-state index is 5.99. The highest BCUT2D eigenvalue weighted by Crippen LogP contribution is 2.35. The number of nitrogens with zero attached hydrogens (tertiary/aromatic N) is 5.